The standard InChI is InChI=1S/C20H18BrF4NO2/c21-15-4-2-14(3-5-15)19(7-9-28-10-8-19)18(27)26-12-13-1-6-16(22)11-17(13)20(23,24)25/h1-6,11H,7-10,12H2,(H,26,27). The van der Waals surface area contributed by atoms with Crippen molar-refractivity contribution in [1.29, 1.82) is 0 Å². The van der Waals surface area contributed by atoms with Gasteiger partial charge in [-0.05, 0) is 48.2 Å². The molecule has 0 atom stereocenters. The average molecular weight is 460 g/mol. The largest absolute Gasteiger partial charge is 0.416 e. The molecule has 0 saturated carbocycles. The summed E-state index contributed by atoms with van der Waals surface area (Å²) < 4.78 is 59.1. The number of alkyl halides is 3. The molecule has 150 valence electrons. The second-order valence-electron chi connectivity index (χ2n) is 6.68. The summed E-state index contributed by atoms with van der Waals surface area (Å²) in [5.74, 6) is -1.34. The normalized spacial score (nSPS) is 16.6. The van der Waals surface area contributed by atoms with Crippen molar-refractivity contribution in [2.45, 2.75) is 31.0 Å². The van der Waals surface area contributed by atoms with Crippen LogP contribution >= 0.6 is 15.9 Å². The van der Waals surface area contributed by atoms with Crippen LogP contribution in [0.2, 0.25) is 0 Å². The van der Waals surface area contributed by atoms with E-state index in [1.807, 2.05) is 24.3 Å². The Morgan fingerprint density at radius 2 is 1.75 bits per heavy atom. The maximum atomic E-state index is 13.3. The molecule has 2 aromatic carbocycles. The van der Waals surface area contributed by atoms with Crippen LogP contribution in [0.5, 0.6) is 0 Å². The van der Waals surface area contributed by atoms with Crippen molar-refractivity contribution < 1.29 is 27.1 Å². The van der Waals surface area contributed by atoms with Crippen molar-refractivity contribution in [1.82, 2.24) is 5.32 Å². The van der Waals surface area contributed by atoms with E-state index in [1.165, 1.54) is 0 Å². The number of hydrogen-bond donors (Lipinski definition) is 1. The summed E-state index contributed by atoms with van der Waals surface area (Å²) in [5.41, 5.74) is -1.36. The molecule has 1 aliphatic heterocycles. The number of benzene rings is 2. The van der Waals surface area contributed by atoms with Gasteiger partial charge in [0.25, 0.3) is 0 Å². The summed E-state index contributed by atoms with van der Waals surface area (Å²) in [4.78, 5) is 13.1. The van der Waals surface area contributed by atoms with Gasteiger partial charge in [0.15, 0.2) is 0 Å². The lowest BCUT2D eigenvalue weighted by molar-refractivity contribution is -0.139. The van der Waals surface area contributed by atoms with Gasteiger partial charge in [-0.2, -0.15) is 13.2 Å². The van der Waals surface area contributed by atoms with E-state index in [0.717, 1.165) is 22.2 Å². The van der Waals surface area contributed by atoms with Gasteiger partial charge in [-0.25, -0.2) is 4.39 Å². The van der Waals surface area contributed by atoms with Crippen LogP contribution in [-0.2, 0) is 27.7 Å². The fourth-order valence-corrected chi connectivity index (χ4v) is 3.71. The summed E-state index contributed by atoms with van der Waals surface area (Å²) in [6, 6.07) is 9.75. The van der Waals surface area contributed by atoms with E-state index in [2.05, 4.69) is 21.2 Å². The van der Waals surface area contributed by atoms with Crippen LogP contribution < -0.4 is 5.32 Å². The topological polar surface area (TPSA) is 38.3 Å². The monoisotopic (exact) mass is 459 g/mol. The van der Waals surface area contributed by atoms with Gasteiger partial charge in [0.1, 0.15) is 5.82 Å². The van der Waals surface area contributed by atoms with Gasteiger partial charge in [0, 0.05) is 24.2 Å². The lowest BCUT2D eigenvalue weighted by Gasteiger charge is -2.36. The van der Waals surface area contributed by atoms with Gasteiger partial charge in [-0.1, -0.05) is 34.1 Å². The molecule has 28 heavy (non-hydrogen) atoms. The summed E-state index contributed by atoms with van der Waals surface area (Å²) >= 11 is 3.36. The SMILES string of the molecule is O=C(NCc1ccc(F)cc1C(F)(F)F)C1(c2ccc(Br)cc2)CCOCC1. The summed E-state index contributed by atoms with van der Waals surface area (Å²) in [7, 11) is 0. The van der Waals surface area contributed by atoms with Crippen LogP contribution in [-0.4, -0.2) is 19.1 Å². The highest BCUT2D eigenvalue weighted by atomic mass is 79.9. The molecule has 0 unspecified atom stereocenters. The van der Waals surface area contributed by atoms with Gasteiger partial charge in [0.05, 0.1) is 11.0 Å². The molecule has 8 heteroatoms. The molecule has 3 nitrogen and oxygen atoms in total. The Morgan fingerprint density at radius 3 is 2.36 bits per heavy atom. The minimum absolute atomic E-state index is 0.180. The van der Waals surface area contributed by atoms with Crippen molar-refractivity contribution in [3.8, 4) is 0 Å². The molecule has 1 fully saturated rings. The molecule has 0 spiro atoms. The van der Waals surface area contributed by atoms with Crippen LogP contribution in [0.25, 0.3) is 0 Å². The zero-order valence-corrected chi connectivity index (χ0v) is 16.4. The highest BCUT2D eigenvalue weighted by molar-refractivity contribution is 9.10. The van der Waals surface area contributed by atoms with Gasteiger partial charge in [-0.3, -0.25) is 4.79 Å². The highest BCUT2D eigenvalue weighted by Crippen LogP contribution is 2.36. The first kappa shape index (κ1) is 20.8. The number of amides is 1. The molecule has 1 N–H and O–H groups in total. The second-order valence-corrected chi connectivity index (χ2v) is 7.60. The van der Waals surface area contributed by atoms with E-state index >= 15 is 0 Å². The average Bonchev–Trinajstić information content (AvgIpc) is 2.67. The molecule has 0 radical (unpaired) electrons. The van der Waals surface area contributed by atoms with Crippen molar-refractivity contribution in [2.24, 2.45) is 0 Å². The fraction of sp³-hybridized carbons (Fsp3) is 0.350. The number of ether oxygens (including phenoxy) is 1. The zero-order chi connectivity index (χ0) is 20.4. The van der Waals surface area contributed by atoms with Gasteiger partial charge in [0.2, 0.25) is 5.91 Å². The Kier molecular flexibility index (Phi) is 6.09. The first-order valence-corrected chi connectivity index (χ1v) is 9.49. The molecule has 2 aromatic rings. The van der Waals surface area contributed by atoms with Crippen LogP contribution in [0.3, 0.4) is 0 Å². The van der Waals surface area contributed by atoms with E-state index < -0.39 is 23.0 Å². The molecule has 0 aliphatic carbocycles. The van der Waals surface area contributed by atoms with Crippen molar-refractivity contribution in [2.75, 3.05) is 13.2 Å². The third-order valence-electron chi connectivity index (χ3n) is 4.99. The summed E-state index contributed by atoms with van der Waals surface area (Å²) in [6.07, 6.45) is -3.85. The third-order valence-corrected chi connectivity index (χ3v) is 5.52. The predicted octanol–water partition coefficient (Wildman–Crippen LogP) is 4.97. The Morgan fingerprint density at radius 1 is 1.11 bits per heavy atom. The van der Waals surface area contributed by atoms with E-state index in [-0.39, 0.29) is 18.0 Å². The third kappa shape index (κ3) is 4.38. The van der Waals surface area contributed by atoms with Gasteiger partial charge >= 0.3 is 6.18 Å². The van der Waals surface area contributed by atoms with Gasteiger partial charge < -0.3 is 10.1 Å². The molecular weight excluding hydrogens is 442 g/mol. The minimum atomic E-state index is -4.70. The van der Waals surface area contributed by atoms with Crippen molar-refractivity contribution >= 4 is 21.8 Å². The number of carbonyl (C=O) groups excluding carboxylic acids is 1. The fourth-order valence-electron chi connectivity index (χ4n) is 3.45. The van der Waals surface area contributed by atoms with Crippen molar-refractivity contribution in [3.05, 3.63) is 69.4 Å². The number of nitrogens with one attached hydrogen (secondary N) is 1. The molecule has 1 aliphatic rings. The Bertz CT molecular complexity index is 846. The molecule has 1 amide bonds. The maximum Gasteiger partial charge on any atom is 0.416 e. The Labute approximate surface area is 168 Å². The highest BCUT2D eigenvalue weighted by Gasteiger charge is 2.42. The molecule has 1 saturated heterocycles. The first-order chi connectivity index (χ1) is 13.2. The number of rotatable bonds is 4. The molecular formula is C20H18BrF4NO2. The van der Waals surface area contributed by atoms with Gasteiger partial charge in [-0.15, -0.1) is 0 Å². The number of hydrogen-bond acceptors (Lipinski definition) is 2. The number of halogens is 5. The quantitative estimate of drug-likeness (QED) is 0.655. The summed E-state index contributed by atoms with van der Waals surface area (Å²) in [5, 5.41) is 2.63. The van der Waals surface area contributed by atoms with E-state index in [9.17, 15) is 22.4 Å². The zero-order valence-electron chi connectivity index (χ0n) is 14.8. The maximum absolute atomic E-state index is 13.3. The molecule has 1 heterocycles. The Hall–Kier alpha value is -1.93. The lowest BCUT2D eigenvalue weighted by Crippen LogP contribution is -2.47. The Balaban J connectivity index is 1.85. The molecule has 0 aromatic heterocycles. The van der Waals surface area contributed by atoms with Crippen molar-refractivity contribution in [3.63, 3.8) is 0 Å². The van der Waals surface area contributed by atoms with Crippen LogP contribution in [0.15, 0.2) is 46.9 Å². The van der Waals surface area contributed by atoms with Crippen LogP contribution in [0.1, 0.15) is 29.5 Å². The predicted molar refractivity (Wildman–Crippen MR) is 99.1 cm³/mol. The first-order valence-electron chi connectivity index (χ1n) is 8.70. The van der Waals surface area contributed by atoms with E-state index in [0.29, 0.717) is 32.1 Å². The van der Waals surface area contributed by atoms with Crippen LogP contribution in [0, 0.1) is 5.82 Å². The number of carbonyl (C=O) groups is 1. The summed E-state index contributed by atoms with van der Waals surface area (Å²) in [6.45, 7) is 0.425. The second kappa shape index (κ2) is 8.21. The van der Waals surface area contributed by atoms with Crippen LogP contribution in [0.4, 0.5) is 17.6 Å². The molecule has 0 bridgehead atoms. The molecule has 3 rings (SSSR count). The van der Waals surface area contributed by atoms with E-state index in [1.54, 1.807) is 0 Å². The lowest BCUT2D eigenvalue weighted by atomic mass is 9.73. The van der Waals surface area contributed by atoms with E-state index in [4.69, 9.17) is 4.74 Å². The smallest absolute Gasteiger partial charge is 0.381 e. The minimum Gasteiger partial charge on any atom is -0.381 e.